The molecule has 1 aromatic heterocycles. The van der Waals surface area contributed by atoms with Crippen LogP contribution in [-0.2, 0) is 13.5 Å². The summed E-state index contributed by atoms with van der Waals surface area (Å²) in [6, 6.07) is 4.12. The number of nitrogens with zero attached hydrogens (tertiary/aromatic N) is 2. The Morgan fingerprint density at radius 2 is 2.00 bits per heavy atom. The van der Waals surface area contributed by atoms with Crippen molar-refractivity contribution in [3.63, 3.8) is 0 Å². The maximum absolute atomic E-state index is 14.4. The highest BCUT2D eigenvalue weighted by molar-refractivity contribution is 5.35. The van der Waals surface area contributed by atoms with E-state index in [2.05, 4.69) is 10.4 Å². The van der Waals surface area contributed by atoms with Crippen LogP contribution in [0, 0.1) is 18.6 Å². The van der Waals surface area contributed by atoms with Gasteiger partial charge in [0.1, 0.15) is 11.6 Å². The van der Waals surface area contributed by atoms with Crippen LogP contribution in [0.15, 0.2) is 18.2 Å². The van der Waals surface area contributed by atoms with E-state index in [0.717, 1.165) is 17.8 Å². The van der Waals surface area contributed by atoms with Crippen molar-refractivity contribution in [2.75, 3.05) is 6.54 Å². The lowest BCUT2D eigenvalue weighted by atomic mass is 9.99. The average Bonchev–Trinajstić information content (AvgIpc) is 2.83. The predicted octanol–water partition coefficient (Wildman–Crippen LogP) is 3.27. The van der Waals surface area contributed by atoms with Crippen LogP contribution in [0.3, 0.4) is 0 Å². The van der Waals surface area contributed by atoms with Gasteiger partial charge in [0.2, 0.25) is 0 Å². The molecule has 1 heterocycles. The molecule has 0 saturated heterocycles. The Kier molecular flexibility index (Phi) is 4.73. The summed E-state index contributed by atoms with van der Waals surface area (Å²) in [7, 11) is 1.80. The molecule has 0 radical (unpaired) electrons. The van der Waals surface area contributed by atoms with Gasteiger partial charge in [0.15, 0.2) is 0 Å². The fraction of sp³-hybridized carbons (Fsp3) is 0.438. The summed E-state index contributed by atoms with van der Waals surface area (Å²) in [6.07, 6.45) is 0.783. The van der Waals surface area contributed by atoms with Crippen LogP contribution < -0.4 is 5.32 Å². The third-order valence-electron chi connectivity index (χ3n) is 3.64. The second kappa shape index (κ2) is 6.35. The summed E-state index contributed by atoms with van der Waals surface area (Å²) in [4.78, 5) is 0. The molecule has 2 rings (SSSR count). The molecule has 114 valence electrons. The lowest BCUT2D eigenvalue weighted by Gasteiger charge is -2.20. The average molecular weight is 293 g/mol. The first-order valence-corrected chi connectivity index (χ1v) is 7.20. The van der Waals surface area contributed by atoms with Crippen LogP contribution in [0.1, 0.15) is 42.4 Å². The monoisotopic (exact) mass is 293 g/mol. The van der Waals surface area contributed by atoms with Gasteiger partial charge in [-0.1, -0.05) is 19.9 Å². The highest BCUT2D eigenvalue weighted by Crippen LogP contribution is 2.29. The maximum atomic E-state index is 14.4. The number of rotatable bonds is 5. The Morgan fingerprint density at radius 3 is 2.57 bits per heavy atom. The fourth-order valence-corrected chi connectivity index (χ4v) is 2.49. The van der Waals surface area contributed by atoms with E-state index < -0.39 is 17.7 Å². The fourth-order valence-electron chi connectivity index (χ4n) is 2.49. The second-order valence-electron chi connectivity index (χ2n) is 5.12. The number of hydrogen-bond donors (Lipinski definition) is 1. The lowest BCUT2D eigenvalue weighted by Crippen LogP contribution is -2.26. The Bertz CT molecular complexity index is 635. The van der Waals surface area contributed by atoms with Gasteiger partial charge in [-0.05, 0) is 37.6 Å². The summed E-state index contributed by atoms with van der Waals surface area (Å²) in [6.45, 7) is 6.16. The Balaban J connectivity index is 2.58. The van der Waals surface area contributed by atoms with Crippen molar-refractivity contribution in [2.24, 2.45) is 7.05 Å². The third kappa shape index (κ3) is 2.97. The Morgan fingerprint density at radius 1 is 1.29 bits per heavy atom. The SMILES string of the molecule is CCNC(c1c(F)ccc(C)c1F)c1cc(CC)nn1C. The molecular formula is C16H21F2N3. The summed E-state index contributed by atoms with van der Waals surface area (Å²) in [5.41, 5.74) is 2.16. The van der Waals surface area contributed by atoms with Gasteiger partial charge in [-0.15, -0.1) is 0 Å². The zero-order chi connectivity index (χ0) is 15.6. The van der Waals surface area contributed by atoms with E-state index in [9.17, 15) is 8.78 Å². The number of aryl methyl sites for hydroxylation is 3. The van der Waals surface area contributed by atoms with Crippen molar-refractivity contribution < 1.29 is 8.78 Å². The summed E-state index contributed by atoms with van der Waals surface area (Å²) < 4.78 is 30.3. The number of halogens is 2. The Hall–Kier alpha value is -1.75. The van der Waals surface area contributed by atoms with Crippen LogP contribution in [0.5, 0.6) is 0 Å². The second-order valence-corrected chi connectivity index (χ2v) is 5.12. The van der Waals surface area contributed by atoms with Crippen LogP contribution >= 0.6 is 0 Å². The van der Waals surface area contributed by atoms with E-state index in [0.29, 0.717) is 12.1 Å². The molecule has 0 spiro atoms. The molecule has 0 aliphatic heterocycles. The van der Waals surface area contributed by atoms with Gasteiger partial charge in [0, 0.05) is 12.6 Å². The zero-order valence-electron chi connectivity index (χ0n) is 12.9. The first-order chi connectivity index (χ1) is 9.99. The molecule has 5 heteroatoms. The molecule has 0 aliphatic carbocycles. The molecular weight excluding hydrogens is 272 g/mol. The highest BCUT2D eigenvalue weighted by atomic mass is 19.1. The van der Waals surface area contributed by atoms with Gasteiger partial charge in [-0.3, -0.25) is 4.68 Å². The van der Waals surface area contributed by atoms with Crippen molar-refractivity contribution in [2.45, 2.75) is 33.2 Å². The van der Waals surface area contributed by atoms with Crippen LogP contribution in [0.2, 0.25) is 0 Å². The standard InChI is InChI=1S/C16H21F2N3/c1-5-11-9-13(21(4)20-11)16(19-6-2)14-12(17)8-7-10(3)15(14)18/h7-9,16,19H,5-6H2,1-4H3. The van der Waals surface area contributed by atoms with E-state index in [4.69, 9.17) is 0 Å². The largest absolute Gasteiger partial charge is 0.305 e. The maximum Gasteiger partial charge on any atom is 0.134 e. The van der Waals surface area contributed by atoms with E-state index in [-0.39, 0.29) is 5.56 Å². The minimum Gasteiger partial charge on any atom is -0.305 e. The highest BCUT2D eigenvalue weighted by Gasteiger charge is 2.25. The van der Waals surface area contributed by atoms with E-state index >= 15 is 0 Å². The molecule has 0 amide bonds. The molecule has 21 heavy (non-hydrogen) atoms. The summed E-state index contributed by atoms with van der Waals surface area (Å²) >= 11 is 0. The van der Waals surface area contributed by atoms with Gasteiger partial charge in [0.25, 0.3) is 0 Å². The van der Waals surface area contributed by atoms with Gasteiger partial charge >= 0.3 is 0 Å². The van der Waals surface area contributed by atoms with Crippen molar-refractivity contribution >= 4 is 0 Å². The van der Waals surface area contributed by atoms with Gasteiger partial charge in [0.05, 0.1) is 17.4 Å². The number of benzene rings is 1. The smallest absolute Gasteiger partial charge is 0.134 e. The molecule has 0 aliphatic rings. The van der Waals surface area contributed by atoms with Crippen LogP contribution in [-0.4, -0.2) is 16.3 Å². The van der Waals surface area contributed by atoms with Crippen LogP contribution in [0.25, 0.3) is 0 Å². The first-order valence-electron chi connectivity index (χ1n) is 7.20. The minimum atomic E-state index is -0.548. The lowest BCUT2D eigenvalue weighted by molar-refractivity contribution is 0.489. The predicted molar refractivity (Wildman–Crippen MR) is 79.2 cm³/mol. The summed E-state index contributed by atoms with van der Waals surface area (Å²) in [5.74, 6) is -1.04. The molecule has 3 nitrogen and oxygen atoms in total. The van der Waals surface area contributed by atoms with Crippen LogP contribution in [0.4, 0.5) is 8.78 Å². The van der Waals surface area contributed by atoms with Gasteiger partial charge in [-0.2, -0.15) is 5.10 Å². The molecule has 0 fully saturated rings. The topological polar surface area (TPSA) is 29.9 Å². The van der Waals surface area contributed by atoms with Gasteiger partial charge in [-0.25, -0.2) is 8.78 Å². The first kappa shape index (κ1) is 15.6. The number of nitrogens with one attached hydrogen (secondary N) is 1. The third-order valence-corrected chi connectivity index (χ3v) is 3.64. The molecule has 1 N–H and O–H groups in total. The van der Waals surface area contributed by atoms with Crippen molar-refractivity contribution in [1.82, 2.24) is 15.1 Å². The van der Waals surface area contributed by atoms with E-state index in [1.807, 2.05) is 19.9 Å². The zero-order valence-corrected chi connectivity index (χ0v) is 12.9. The molecule has 1 atom stereocenters. The number of hydrogen-bond acceptors (Lipinski definition) is 2. The molecule has 0 saturated carbocycles. The summed E-state index contributed by atoms with van der Waals surface area (Å²) in [5, 5.41) is 7.53. The number of aromatic nitrogens is 2. The minimum absolute atomic E-state index is 0.0579. The van der Waals surface area contributed by atoms with Crippen molar-refractivity contribution in [1.29, 1.82) is 0 Å². The van der Waals surface area contributed by atoms with Crippen molar-refractivity contribution in [3.8, 4) is 0 Å². The quantitative estimate of drug-likeness (QED) is 0.917. The molecule has 1 aromatic carbocycles. The van der Waals surface area contributed by atoms with Gasteiger partial charge < -0.3 is 5.32 Å². The van der Waals surface area contributed by atoms with E-state index in [1.165, 1.54) is 12.1 Å². The molecule has 1 unspecified atom stereocenters. The normalized spacial score (nSPS) is 12.7. The van der Waals surface area contributed by atoms with E-state index in [1.54, 1.807) is 18.7 Å². The Labute approximate surface area is 124 Å². The molecule has 0 bridgehead atoms. The molecule has 2 aromatic rings. The van der Waals surface area contributed by atoms with Crippen molar-refractivity contribution in [3.05, 3.63) is 52.3 Å².